The highest BCUT2D eigenvalue weighted by Crippen LogP contribution is 2.57. The van der Waals surface area contributed by atoms with Gasteiger partial charge in [0.05, 0.1) is 34.8 Å². The van der Waals surface area contributed by atoms with Gasteiger partial charge in [0.25, 0.3) is 17.7 Å². The van der Waals surface area contributed by atoms with E-state index >= 15 is 0 Å². The molecule has 12 atom stereocenters. The van der Waals surface area contributed by atoms with Crippen LogP contribution in [0.3, 0.4) is 0 Å². The zero-order valence-electron chi connectivity index (χ0n) is 62.7. The third-order valence-corrected chi connectivity index (χ3v) is 22.8. The summed E-state index contributed by atoms with van der Waals surface area (Å²) in [5.41, 5.74) is 9.44. The maximum atomic E-state index is 13.8. The number of aliphatic hydroxyl groups is 9. The van der Waals surface area contributed by atoms with Crippen molar-refractivity contribution in [3.05, 3.63) is 191 Å². The Morgan fingerprint density at radius 3 is 1.12 bits per heavy atom. The molecule has 3 fully saturated rings. The predicted octanol–water partition coefficient (Wildman–Crippen LogP) is 3.69. The van der Waals surface area contributed by atoms with Gasteiger partial charge in [-0.15, -0.1) is 0 Å². The zero-order valence-corrected chi connectivity index (χ0v) is 63.9. The molecule has 9 aliphatic carbocycles. The number of hydrogen-bond donors (Lipinski definition) is 17. The Morgan fingerprint density at radius 2 is 0.764 bits per heavy atom. The molecule has 3 saturated carbocycles. The molecule has 29 nitrogen and oxygen atoms in total. The maximum absolute atomic E-state index is 13.8. The number of nitrogens with zero attached hydrogens (tertiary/aromatic N) is 3. The van der Waals surface area contributed by atoms with Crippen molar-refractivity contribution in [2.45, 2.75) is 101 Å². The summed E-state index contributed by atoms with van der Waals surface area (Å²) in [4.78, 5) is 120. The van der Waals surface area contributed by atoms with Gasteiger partial charge in [0.1, 0.15) is 68.5 Å². The number of ketones is 6. The molecule has 0 saturated heterocycles. The summed E-state index contributed by atoms with van der Waals surface area (Å²) < 4.78 is 0.784. The second-order valence-electron chi connectivity index (χ2n) is 28.3. The predicted molar refractivity (Wildman–Crippen MR) is 411 cm³/mol. The van der Waals surface area contributed by atoms with Crippen LogP contribution >= 0.6 is 22.6 Å². The number of nitrogens with two attached hydrogens (primary N) is 3. The van der Waals surface area contributed by atoms with E-state index in [0.29, 0.717) is 35.0 Å². The molecule has 20 N–H and O–H groups in total. The van der Waals surface area contributed by atoms with Crippen molar-refractivity contribution >= 4 is 105 Å². The van der Waals surface area contributed by atoms with Gasteiger partial charge >= 0.3 is 8.55 Å². The third kappa shape index (κ3) is 13.5. The molecule has 0 aliphatic heterocycles. The molecule has 31 heteroatoms. The summed E-state index contributed by atoms with van der Waals surface area (Å²) in [5, 5.41) is 148. The number of amides is 3. The van der Waals surface area contributed by atoms with E-state index < -0.39 is 181 Å². The molecule has 14 rings (SSSR count). The lowest BCUT2D eigenvalue weighted by atomic mass is 9.57. The van der Waals surface area contributed by atoms with Crippen LogP contribution in [0.4, 0.5) is 0 Å². The Labute approximate surface area is 647 Å². The summed E-state index contributed by atoms with van der Waals surface area (Å²) in [7, 11) is 8.05. The zero-order chi connectivity index (χ0) is 81.9. The van der Waals surface area contributed by atoms with Crippen molar-refractivity contribution in [1.82, 2.24) is 14.7 Å². The largest absolute Gasteiger partial charge is 1.00 e. The number of primary amides is 3. The van der Waals surface area contributed by atoms with Gasteiger partial charge < -0.3 is 88.5 Å². The van der Waals surface area contributed by atoms with Crippen molar-refractivity contribution in [1.29, 1.82) is 0 Å². The number of carbonyl (C=O) groups is 9. The summed E-state index contributed by atoms with van der Waals surface area (Å²) >= 11 is 2.07. The highest BCUT2D eigenvalue weighted by molar-refractivity contribution is 14.1. The topological polar surface area (TPSA) is 525 Å². The molecule has 582 valence electrons. The Morgan fingerprint density at radius 1 is 0.436 bits per heavy atom. The fraction of sp³-hybridized carbons (Fsp3) is 0.354. The minimum Gasteiger partial charge on any atom is -0.508 e. The van der Waals surface area contributed by atoms with Gasteiger partial charge in [-0.1, -0.05) is 107 Å². The summed E-state index contributed by atoms with van der Waals surface area (Å²) in [6.45, 7) is 8.00. The van der Waals surface area contributed by atoms with Crippen LogP contribution in [0.2, 0.25) is 0 Å². The van der Waals surface area contributed by atoms with Crippen molar-refractivity contribution < 1.29 is 116 Å². The average Bonchev–Trinajstić information content (AvgIpc) is 0.711. The van der Waals surface area contributed by atoms with Gasteiger partial charge in [-0.05, 0) is 179 Å². The van der Waals surface area contributed by atoms with Crippen molar-refractivity contribution in [3.63, 3.8) is 0 Å². The van der Waals surface area contributed by atoms with Crippen LogP contribution in [-0.4, -0.2) is 223 Å². The number of fused-ring (bicyclic) bond motifs is 9. The van der Waals surface area contributed by atoms with Crippen molar-refractivity contribution in [2.75, 3.05) is 42.3 Å². The van der Waals surface area contributed by atoms with Crippen LogP contribution in [-0.2, 0) is 62.4 Å². The molecule has 0 bridgehead atoms. The third-order valence-electron chi connectivity index (χ3n) is 21.8. The summed E-state index contributed by atoms with van der Waals surface area (Å²) in [6.07, 6.45) is 1.05. The number of phenols is 3. The summed E-state index contributed by atoms with van der Waals surface area (Å²) in [6, 6.07) is 25.7. The minimum atomic E-state index is -2.64. The van der Waals surface area contributed by atoms with E-state index in [4.69, 9.17) is 27.2 Å². The first-order valence-electron chi connectivity index (χ1n) is 35.3. The molecular weight excluding hydrogens is 1540 g/mol. The van der Waals surface area contributed by atoms with E-state index in [0.717, 1.165) is 14.7 Å². The second-order valence-corrected chi connectivity index (χ2v) is 29.4. The first-order chi connectivity index (χ1) is 51.7. The molecule has 6 unspecified atom stereocenters. The summed E-state index contributed by atoms with van der Waals surface area (Å²) in [5.74, 6) is -19.5. The normalized spacial score (nSPS) is 26.8. The fourth-order valence-electron chi connectivity index (χ4n) is 17.1. The van der Waals surface area contributed by atoms with Crippen molar-refractivity contribution in [2.24, 2.45) is 52.7 Å². The Hall–Kier alpha value is -10.4. The first-order valence-corrected chi connectivity index (χ1v) is 36.4. The molecule has 110 heavy (non-hydrogen) atoms. The van der Waals surface area contributed by atoms with Gasteiger partial charge in [0, 0.05) is 38.0 Å². The lowest BCUT2D eigenvalue weighted by molar-refractivity contribution is -0.155. The molecule has 9 aliphatic rings. The van der Waals surface area contributed by atoms with Gasteiger partial charge in [-0.25, -0.2) is 0 Å². The minimum absolute atomic E-state index is 0. The number of phenolic OH excluding ortho intramolecular Hbond substituents is 3. The number of benzene rings is 5. The monoisotopic (exact) mass is 1630 g/mol. The van der Waals surface area contributed by atoms with E-state index in [2.05, 4.69) is 22.6 Å². The first kappa shape index (κ1) is 83.7. The van der Waals surface area contributed by atoms with Gasteiger partial charge in [-0.2, -0.15) is 0 Å². The van der Waals surface area contributed by atoms with E-state index in [9.17, 15) is 104 Å². The van der Waals surface area contributed by atoms with E-state index in [1.54, 1.807) is 90.8 Å². The van der Waals surface area contributed by atoms with Crippen LogP contribution in [0, 0.1) is 39.1 Å². The van der Waals surface area contributed by atoms with Crippen LogP contribution in [0.5, 0.6) is 17.2 Å². The van der Waals surface area contributed by atoms with E-state index in [-0.39, 0.29) is 77.8 Å². The SMILES string of the molecule is CC.CC.CN(C)[C@@H]1C(=O)C(C(N)=O)=C(O)[C@@]2(O)C(=O)C3=C(O)c4c(O)ccc(-c5ccccc5)c4CC3CC12.CN(C)[C@@H]1C(=O)C(C(N)=O)=C(O)[C@@]2(O)C(=O)C3=C(O)c4c(O)ccc(I)c4CC3CC12.CN(C)[C@@H]1C(=O)C(C(N)=O)=C(O)[C@@]2(O)C(=O)C3=C(O)c4c(O)cccc4CC3CC12.OB(O)c1ccccc1.[H+]. The molecule has 5 aromatic rings. The number of halogens is 1. The number of rotatable bonds is 8. The van der Waals surface area contributed by atoms with Gasteiger partial charge in [-0.3, -0.25) is 57.9 Å². The number of aromatic hydroxyl groups is 3. The van der Waals surface area contributed by atoms with Gasteiger partial charge in [0.15, 0.2) is 34.2 Å². The Bertz CT molecular complexity index is 4880. The van der Waals surface area contributed by atoms with Gasteiger partial charge in [0.2, 0.25) is 17.3 Å². The maximum Gasteiger partial charge on any atom is 1.00 e. The van der Waals surface area contributed by atoms with E-state index in [1.807, 2.05) is 64.1 Å². The number of likely N-dealkylation sites (N-methyl/N-ethyl adjacent to an activating group) is 3. The number of Topliss-reactive ketones (excluding diaryl/α,β-unsaturated/α-hetero) is 6. The highest BCUT2D eigenvalue weighted by Gasteiger charge is 2.68. The smallest absolute Gasteiger partial charge is 0.508 e. The van der Waals surface area contributed by atoms with E-state index in [1.165, 1.54) is 32.9 Å². The number of carbonyl (C=O) groups excluding carboxylic acids is 9. The number of hydrogen-bond acceptors (Lipinski definition) is 26. The average molecular weight is 1630 g/mol. The second kappa shape index (κ2) is 31.9. The molecule has 0 heterocycles. The quantitative estimate of drug-likeness (QED) is 0.0598. The molecule has 0 radical (unpaired) electrons. The van der Waals surface area contributed by atoms with Crippen LogP contribution < -0.4 is 22.7 Å². The molecule has 0 spiro atoms. The molecule has 0 aromatic heterocycles. The molecular formula is C79H89BIN6O23+. The van der Waals surface area contributed by atoms with Crippen LogP contribution in [0.1, 0.15) is 81.8 Å². The molecule has 5 aromatic carbocycles. The standard InChI is InChI=1S/C27H26N2O7.C21H21IN2O7.C21H22N2O7.C6H7BO2.2C2H6/c1-29(2)21-16-11-13-10-15-14(12-6-4-3-5-7-12)8-9-17(30)19(15)22(31)18(13)24(33)27(16,36)25(34)20(23(21)32)26(28)35;1-24(2)15-9-6-7-5-8-10(22)3-4-11(25)13(8)16(26)12(7)18(28)21(9,31)19(29)14(17(15)27)20(23)30;1-23(2)15-10-7-9-6-8-4-3-5-11(24)12(8)16(25)13(9)18(27)21(10,30)19(28)14(17(15)26)20(22)29;8-7(9)6-4-2-1-3-5-6;2*1-2/h3-9,13,16,21,30-31,34,36H,10-11H2,1-2H3,(H2,28,35);3-4,7,9,15,25-26,29,31H,5-6H2,1-2H3,(H2,23,30);3-5,9-10,15,24-25,28,30H,6-7H2,1-2H3,(H2,22,29);1-5,8-9H;2*1-2H3/p+1/t13?,16?,21-,27-;7?,9?,15-,21-;9?,10?,15-,21-;;;/m000.../s1. The fourth-order valence-corrected chi connectivity index (χ4v) is 17.8. The Kier molecular flexibility index (Phi) is 24.3. The highest BCUT2D eigenvalue weighted by atomic mass is 127. The lowest BCUT2D eigenvalue weighted by Crippen LogP contribution is -2.65. The molecule has 3 amide bonds. The van der Waals surface area contributed by atoms with Crippen molar-refractivity contribution in [3.8, 4) is 28.4 Å². The Balaban J connectivity index is 0.000000193. The van der Waals surface area contributed by atoms with Crippen LogP contribution in [0.25, 0.3) is 28.4 Å². The van der Waals surface area contributed by atoms with Crippen LogP contribution in [0.15, 0.2) is 154 Å². The lowest BCUT2D eigenvalue weighted by Gasteiger charge is -2.50. The number of aliphatic hydroxyl groups excluding tert-OH is 6.